The van der Waals surface area contributed by atoms with E-state index in [2.05, 4.69) is 45.0 Å². The van der Waals surface area contributed by atoms with Crippen molar-refractivity contribution < 1.29 is 5.11 Å². The molecule has 3 nitrogen and oxygen atoms in total. The Labute approximate surface area is 113 Å². The van der Waals surface area contributed by atoms with Gasteiger partial charge < -0.3 is 15.3 Å². The van der Waals surface area contributed by atoms with Gasteiger partial charge in [0.05, 0.1) is 6.61 Å². The van der Waals surface area contributed by atoms with Crippen LogP contribution < -0.4 is 5.32 Å². The molecular formula is C15H32N2O. The Morgan fingerprint density at radius 1 is 1.44 bits per heavy atom. The predicted octanol–water partition coefficient (Wildman–Crippen LogP) is 2.10. The lowest BCUT2D eigenvalue weighted by Crippen LogP contribution is -2.47. The summed E-state index contributed by atoms with van der Waals surface area (Å²) in [6.45, 7) is 11.5. The maximum atomic E-state index is 9.23. The first-order chi connectivity index (χ1) is 8.42. The van der Waals surface area contributed by atoms with Crippen LogP contribution in [0.5, 0.6) is 0 Å². The molecule has 0 radical (unpaired) electrons. The molecule has 18 heavy (non-hydrogen) atoms. The van der Waals surface area contributed by atoms with Gasteiger partial charge in [0, 0.05) is 18.6 Å². The van der Waals surface area contributed by atoms with Crippen LogP contribution in [-0.2, 0) is 0 Å². The molecule has 1 saturated carbocycles. The van der Waals surface area contributed by atoms with Crippen LogP contribution in [0.2, 0.25) is 0 Å². The van der Waals surface area contributed by atoms with E-state index < -0.39 is 0 Å². The average Bonchev–Trinajstić information content (AvgIpc) is 2.61. The summed E-state index contributed by atoms with van der Waals surface area (Å²) >= 11 is 0. The van der Waals surface area contributed by atoms with Gasteiger partial charge in [0.15, 0.2) is 0 Å². The summed E-state index contributed by atoms with van der Waals surface area (Å²) in [7, 11) is 2.13. The minimum atomic E-state index is 0.250. The average molecular weight is 256 g/mol. The number of hydrogen-bond donors (Lipinski definition) is 2. The molecule has 3 heteroatoms. The van der Waals surface area contributed by atoms with Crippen LogP contribution in [0.3, 0.4) is 0 Å². The lowest BCUT2D eigenvalue weighted by molar-refractivity contribution is 0.129. The molecule has 1 rings (SSSR count). The van der Waals surface area contributed by atoms with Gasteiger partial charge in [0.25, 0.3) is 0 Å². The van der Waals surface area contributed by atoms with Crippen molar-refractivity contribution in [3.8, 4) is 0 Å². The highest BCUT2D eigenvalue weighted by Crippen LogP contribution is 2.41. The molecule has 0 spiro atoms. The minimum absolute atomic E-state index is 0.250. The summed E-state index contributed by atoms with van der Waals surface area (Å²) in [5.41, 5.74) is 0.406. The molecule has 0 heterocycles. The summed E-state index contributed by atoms with van der Waals surface area (Å²) in [4.78, 5) is 2.30. The molecule has 0 aromatic rings. The van der Waals surface area contributed by atoms with Crippen molar-refractivity contribution in [1.29, 1.82) is 0 Å². The summed E-state index contributed by atoms with van der Waals surface area (Å²) in [6, 6.07) is 0.881. The molecule has 0 bridgehead atoms. The third kappa shape index (κ3) is 3.94. The van der Waals surface area contributed by atoms with Crippen molar-refractivity contribution in [3.63, 3.8) is 0 Å². The smallest absolute Gasteiger partial charge is 0.0584 e. The third-order valence-corrected chi connectivity index (χ3v) is 4.63. The number of nitrogens with zero attached hydrogens (tertiary/aromatic N) is 1. The van der Waals surface area contributed by atoms with Crippen molar-refractivity contribution in [3.05, 3.63) is 0 Å². The fourth-order valence-electron chi connectivity index (χ4n) is 3.15. The number of nitrogens with one attached hydrogen (secondary N) is 1. The van der Waals surface area contributed by atoms with E-state index in [9.17, 15) is 5.11 Å². The van der Waals surface area contributed by atoms with Crippen molar-refractivity contribution >= 4 is 0 Å². The van der Waals surface area contributed by atoms with Crippen LogP contribution in [0.4, 0.5) is 0 Å². The van der Waals surface area contributed by atoms with E-state index in [1.165, 1.54) is 19.3 Å². The Morgan fingerprint density at radius 3 is 2.67 bits per heavy atom. The summed E-state index contributed by atoms with van der Waals surface area (Å²) in [5, 5.41) is 13.0. The quantitative estimate of drug-likeness (QED) is 0.732. The lowest BCUT2D eigenvalue weighted by atomic mass is 9.84. The van der Waals surface area contributed by atoms with E-state index in [0.717, 1.165) is 13.1 Å². The van der Waals surface area contributed by atoms with Crippen LogP contribution in [0.25, 0.3) is 0 Å². The number of aliphatic hydroxyl groups is 1. The zero-order chi connectivity index (χ0) is 13.8. The van der Waals surface area contributed by atoms with Crippen molar-refractivity contribution in [2.45, 2.75) is 59.0 Å². The molecule has 1 aliphatic rings. The topological polar surface area (TPSA) is 35.5 Å². The molecule has 0 aromatic heterocycles. The standard InChI is InChI=1S/C15H32N2O/c1-6-9-16-14-13(7-8-15(14,3)4)10-17(5)12(2)11-18/h12-14,16,18H,6-11H2,1-5H3. The van der Waals surface area contributed by atoms with Gasteiger partial charge in [-0.1, -0.05) is 20.8 Å². The Hall–Kier alpha value is -0.120. The molecule has 3 atom stereocenters. The lowest BCUT2D eigenvalue weighted by Gasteiger charge is -2.34. The molecule has 0 saturated heterocycles. The van der Waals surface area contributed by atoms with E-state index in [0.29, 0.717) is 17.4 Å². The van der Waals surface area contributed by atoms with Gasteiger partial charge in [-0.2, -0.15) is 0 Å². The first kappa shape index (κ1) is 15.9. The van der Waals surface area contributed by atoms with Gasteiger partial charge in [-0.25, -0.2) is 0 Å². The van der Waals surface area contributed by atoms with Gasteiger partial charge in [-0.05, 0) is 51.1 Å². The van der Waals surface area contributed by atoms with Gasteiger partial charge in [-0.15, -0.1) is 0 Å². The number of hydrogen-bond acceptors (Lipinski definition) is 3. The molecule has 3 unspecified atom stereocenters. The maximum absolute atomic E-state index is 9.23. The first-order valence-corrected chi connectivity index (χ1v) is 7.46. The van der Waals surface area contributed by atoms with E-state index in [-0.39, 0.29) is 12.6 Å². The van der Waals surface area contributed by atoms with E-state index >= 15 is 0 Å². The van der Waals surface area contributed by atoms with Crippen molar-refractivity contribution in [2.75, 3.05) is 26.7 Å². The monoisotopic (exact) mass is 256 g/mol. The zero-order valence-electron chi connectivity index (χ0n) is 12.9. The summed E-state index contributed by atoms with van der Waals surface area (Å²) in [6.07, 6.45) is 3.81. The van der Waals surface area contributed by atoms with Gasteiger partial charge in [0.2, 0.25) is 0 Å². The first-order valence-electron chi connectivity index (χ1n) is 7.46. The van der Waals surface area contributed by atoms with Crippen LogP contribution >= 0.6 is 0 Å². The molecule has 1 fully saturated rings. The Morgan fingerprint density at radius 2 is 2.11 bits per heavy atom. The summed E-state index contributed by atoms with van der Waals surface area (Å²) in [5.74, 6) is 0.713. The third-order valence-electron chi connectivity index (χ3n) is 4.63. The Balaban J connectivity index is 2.58. The second-order valence-corrected chi connectivity index (χ2v) is 6.69. The number of rotatable bonds is 7. The molecule has 108 valence electrons. The fourth-order valence-corrected chi connectivity index (χ4v) is 3.15. The SMILES string of the molecule is CCCNC1C(CN(C)C(C)CO)CCC1(C)C. The van der Waals surface area contributed by atoms with Crippen LogP contribution in [0.1, 0.15) is 47.0 Å². The number of likely N-dealkylation sites (N-methyl/N-ethyl adjacent to an activating group) is 1. The van der Waals surface area contributed by atoms with E-state index in [4.69, 9.17) is 0 Å². The second-order valence-electron chi connectivity index (χ2n) is 6.69. The second kappa shape index (κ2) is 6.88. The molecule has 0 aromatic carbocycles. The van der Waals surface area contributed by atoms with E-state index in [1.807, 2.05) is 0 Å². The highest BCUT2D eigenvalue weighted by Gasteiger charge is 2.41. The normalized spacial score (nSPS) is 28.8. The molecule has 1 aliphatic carbocycles. The van der Waals surface area contributed by atoms with Gasteiger partial charge >= 0.3 is 0 Å². The van der Waals surface area contributed by atoms with Crippen LogP contribution in [0, 0.1) is 11.3 Å². The van der Waals surface area contributed by atoms with Gasteiger partial charge in [0.1, 0.15) is 0 Å². The summed E-state index contributed by atoms with van der Waals surface area (Å²) < 4.78 is 0. The van der Waals surface area contributed by atoms with E-state index in [1.54, 1.807) is 0 Å². The molecule has 0 amide bonds. The maximum Gasteiger partial charge on any atom is 0.0584 e. The van der Waals surface area contributed by atoms with Crippen LogP contribution in [-0.4, -0.2) is 48.8 Å². The predicted molar refractivity (Wildman–Crippen MR) is 77.8 cm³/mol. The van der Waals surface area contributed by atoms with Crippen LogP contribution in [0.15, 0.2) is 0 Å². The van der Waals surface area contributed by atoms with Crippen molar-refractivity contribution in [2.24, 2.45) is 11.3 Å². The van der Waals surface area contributed by atoms with Gasteiger partial charge in [-0.3, -0.25) is 0 Å². The largest absolute Gasteiger partial charge is 0.395 e. The minimum Gasteiger partial charge on any atom is -0.395 e. The molecular weight excluding hydrogens is 224 g/mol. The molecule has 0 aliphatic heterocycles. The Kier molecular flexibility index (Phi) is 6.09. The fraction of sp³-hybridized carbons (Fsp3) is 1.00. The highest BCUT2D eigenvalue weighted by atomic mass is 16.3. The highest BCUT2D eigenvalue weighted by molar-refractivity contribution is 4.97. The Bertz CT molecular complexity index is 243. The van der Waals surface area contributed by atoms with Crippen molar-refractivity contribution in [1.82, 2.24) is 10.2 Å². The number of aliphatic hydroxyl groups excluding tert-OH is 1. The zero-order valence-corrected chi connectivity index (χ0v) is 12.9. The molecule has 2 N–H and O–H groups in total.